The van der Waals surface area contributed by atoms with Crippen LogP contribution in [0.15, 0.2) is 0 Å². The van der Waals surface area contributed by atoms with E-state index in [1.165, 1.54) is 295 Å². The highest BCUT2D eigenvalue weighted by atomic mass is 16.6. The smallest absolute Gasteiger partial charge is 0.306 e. The molecule has 0 radical (unpaired) electrons. The topological polar surface area (TPSA) is 78.9 Å². The van der Waals surface area contributed by atoms with Gasteiger partial charge in [0.25, 0.3) is 0 Å². The number of rotatable bonds is 63. The number of hydrogen-bond donors (Lipinski definition) is 0. The fourth-order valence-corrected chi connectivity index (χ4v) is 10.6. The maximum atomic E-state index is 12.9. The highest BCUT2D eigenvalue weighted by Gasteiger charge is 2.19. The lowest BCUT2D eigenvalue weighted by Crippen LogP contribution is -2.30. The standard InChI is InChI=1S/C67H130O6/c1-4-7-10-13-16-19-21-23-25-27-29-30-31-32-33-34-35-36-37-38-40-41-43-45-48-51-54-57-60-66(69)72-63-64(62-71-65(68)59-56-53-50-47-18-15-12-9-6-3)73-67(70)61-58-55-52-49-46-44-42-39-28-26-24-22-20-17-14-11-8-5-2/h64H,4-63H2,1-3H3. The summed E-state index contributed by atoms with van der Waals surface area (Å²) in [5.74, 6) is -0.830. The fourth-order valence-electron chi connectivity index (χ4n) is 10.6. The van der Waals surface area contributed by atoms with Gasteiger partial charge in [0.05, 0.1) is 0 Å². The Morgan fingerprint density at radius 2 is 0.370 bits per heavy atom. The van der Waals surface area contributed by atoms with Gasteiger partial charge in [-0.15, -0.1) is 0 Å². The van der Waals surface area contributed by atoms with Crippen LogP contribution in [-0.2, 0) is 28.6 Å². The zero-order valence-electron chi connectivity index (χ0n) is 50.0. The lowest BCUT2D eigenvalue weighted by Gasteiger charge is -2.18. The van der Waals surface area contributed by atoms with Gasteiger partial charge in [-0.3, -0.25) is 14.4 Å². The molecule has 6 nitrogen and oxygen atoms in total. The van der Waals surface area contributed by atoms with Gasteiger partial charge in [-0.25, -0.2) is 0 Å². The van der Waals surface area contributed by atoms with Crippen LogP contribution in [0.25, 0.3) is 0 Å². The van der Waals surface area contributed by atoms with Gasteiger partial charge >= 0.3 is 17.9 Å². The summed E-state index contributed by atoms with van der Waals surface area (Å²) < 4.78 is 16.9. The van der Waals surface area contributed by atoms with Crippen molar-refractivity contribution in [2.45, 2.75) is 399 Å². The van der Waals surface area contributed by atoms with Crippen molar-refractivity contribution in [2.75, 3.05) is 13.2 Å². The molecule has 0 saturated carbocycles. The van der Waals surface area contributed by atoms with Crippen molar-refractivity contribution >= 4 is 17.9 Å². The average Bonchev–Trinajstić information content (AvgIpc) is 3.39. The van der Waals surface area contributed by atoms with Gasteiger partial charge in [0.15, 0.2) is 6.10 Å². The Morgan fingerprint density at radius 3 is 0.548 bits per heavy atom. The van der Waals surface area contributed by atoms with Crippen molar-refractivity contribution in [3.05, 3.63) is 0 Å². The molecule has 6 heteroatoms. The number of unbranched alkanes of at least 4 members (excludes halogenated alkanes) is 52. The molecule has 0 heterocycles. The third-order valence-electron chi connectivity index (χ3n) is 15.6. The minimum absolute atomic E-state index is 0.0610. The molecule has 0 aromatic heterocycles. The predicted octanol–water partition coefficient (Wildman–Crippen LogP) is 22.7. The summed E-state index contributed by atoms with van der Waals surface area (Å²) in [5.41, 5.74) is 0. The first-order valence-corrected chi connectivity index (χ1v) is 33.5. The molecule has 0 aromatic carbocycles. The maximum Gasteiger partial charge on any atom is 0.306 e. The van der Waals surface area contributed by atoms with E-state index in [1.54, 1.807) is 0 Å². The van der Waals surface area contributed by atoms with Gasteiger partial charge in [0, 0.05) is 19.3 Å². The van der Waals surface area contributed by atoms with E-state index in [0.717, 1.165) is 57.8 Å². The highest BCUT2D eigenvalue weighted by molar-refractivity contribution is 5.71. The average molecular weight is 1030 g/mol. The first kappa shape index (κ1) is 71.4. The minimum atomic E-state index is -0.761. The first-order valence-electron chi connectivity index (χ1n) is 33.5. The van der Waals surface area contributed by atoms with E-state index in [-0.39, 0.29) is 31.1 Å². The molecule has 0 aliphatic carbocycles. The Balaban J connectivity index is 4.06. The summed E-state index contributed by atoms with van der Waals surface area (Å²) in [6, 6.07) is 0. The third-order valence-corrected chi connectivity index (χ3v) is 15.6. The van der Waals surface area contributed by atoms with Crippen LogP contribution in [0.1, 0.15) is 393 Å². The van der Waals surface area contributed by atoms with Gasteiger partial charge in [-0.2, -0.15) is 0 Å². The molecule has 1 atom stereocenters. The van der Waals surface area contributed by atoms with Crippen molar-refractivity contribution in [3.8, 4) is 0 Å². The molecule has 0 spiro atoms. The minimum Gasteiger partial charge on any atom is -0.462 e. The molecule has 0 aromatic rings. The third kappa shape index (κ3) is 61.1. The molecule has 73 heavy (non-hydrogen) atoms. The van der Waals surface area contributed by atoms with Crippen LogP contribution in [0, 0.1) is 0 Å². The maximum absolute atomic E-state index is 12.9. The summed E-state index contributed by atoms with van der Waals surface area (Å²) in [5, 5.41) is 0. The van der Waals surface area contributed by atoms with Crippen LogP contribution >= 0.6 is 0 Å². The van der Waals surface area contributed by atoms with Crippen molar-refractivity contribution < 1.29 is 28.6 Å². The SMILES string of the molecule is CCCCCCCCCCCCCCCCCCCCCCCCCCCCCCC(=O)OCC(COC(=O)CCCCCCCCCCC)OC(=O)CCCCCCCCCCCCCCCCCCCC. The van der Waals surface area contributed by atoms with Gasteiger partial charge < -0.3 is 14.2 Å². The summed E-state index contributed by atoms with van der Waals surface area (Å²) in [6.45, 7) is 6.71. The predicted molar refractivity (Wildman–Crippen MR) is 317 cm³/mol. The van der Waals surface area contributed by atoms with E-state index in [0.29, 0.717) is 19.3 Å². The second-order valence-corrected chi connectivity index (χ2v) is 23.1. The van der Waals surface area contributed by atoms with E-state index < -0.39 is 6.10 Å². The van der Waals surface area contributed by atoms with Gasteiger partial charge in [0.1, 0.15) is 13.2 Å². The Labute approximate surface area is 457 Å². The Bertz CT molecular complexity index is 1090. The lowest BCUT2D eigenvalue weighted by molar-refractivity contribution is -0.167. The molecule has 0 rings (SSSR count). The molecule has 0 bridgehead atoms. The summed E-state index contributed by atoms with van der Waals surface area (Å²) in [7, 11) is 0. The summed E-state index contributed by atoms with van der Waals surface area (Å²) in [6.07, 6.45) is 72.9. The Morgan fingerprint density at radius 1 is 0.219 bits per heavy atom. The fraction of sp³-hybridized carbons (Fsp3) is 0.955. The van der Waals surface area contributed by atoms with E-state index in [1.807, 2.05) is 0 Å². The largest absolute Gasteiger partial charge is 0.462 e. The molecule has 0 amide bonds. The van der Waals surface area contributed by atoms with Crippen molar-refractivity contribution in [1.29, 1.82) is 0 Å². The van der Waals surface area contributed by atoms with Gasteiger partial charge in [0.2, 0.25) is 0 Å². The molecular weight excluding hydrogens is 901 g/mol. The number of carbonyl (C=O) groups excluding carboxylic acids is 3. The molecule has 0 fully saturated rings. The van der Waals surface area contributed by atoms with Crippen LogP contribution in [-0.4, -0.2) is 37.2 Å². The van der Waals surface area contributed by atoms with E-state index in [4.69, 9.17) is 14.2 Å². The molecule has 0 saturated heterocycles. The Hall–Kier alpha value is -1.59. The van der Waals surface area contributed by atoms with Crippen LogP contribution in [0.2, 0.25) is 0 Å². The van der Waals surface area contributed by atoms with Crippen LogP contribution in [0.4, 0.5) is 0 Å². The summed E-state index contributed by atoms with van der Waals surface area (Å²) in [4.78, 5) is 38.2. The molecule has 0 aliphatic rings. The number of ether oxygens (including phenoxy) is 3. The monoisotopic (exact) mass is 1030 g/mol. The van der Waals surface area contributed by atoms with Crippen LogP contribution in [0.3, 0.4) is 0 Å². The van der Waals surface area contributed by atoms with E-state index in [9.17, 15) is 14.4 Å². The zero-order valence-corrected chi connectivity index (χ0v) is 50.0. The van der Waals surface area contributed by atoms with Gasteiger partial charge in [-0.1, -0.05) is 355 Å². The second kappa shape index (κ2) is 62.9. The number of carbonyl (C=O) groups is 3. The molecule has 0 N–H and O–H groups in total. The van der Waals surface area contributed by atoms with Crippen LogP contribution in [0.5, 0.6) is 0 Å². The molecule has 0 aliphatic heterocycles. The van der Waals surface area contributed by atoms with Crippen molar-refractivity contribution in [2.24, 2.45) is 0 Å². The Kier molecular flexibility index (Phi) is 61.6. The van der Waals surface area contributed by atoms with Gasteiger partial charge in [-0.05, 0) is 19.3 Å². The first-order chi connectivity index (χ1) is 36.0. The molecule has 434 valence electrons. The zero-order chi connectivity index (χ0) is 52.9. The second-order valence-electron chi connectivity index (χ2n) is 23.1. The van der Waals surface area contributed by atoms with E-state index in [2.05, 4.69) is 20.8 Å². The quantitative estimate of drug-likeness (QED) is 0.0343. The highest BCUT2D eigenvalue weighted by Crippen LogP contribution is 2.19. The normalized spacial score (nSPS) is 11.9. The number of esters is 3. The van der Waals surface area contributed by atoms with E-state index >= 15 is 0 Å². The molecule has 1 unspecified atom stereocenters. The number of hydrogen-bond acceptors (Lipinski definition) is 6. The summed E-state index contributed by atoms with van der Waals surface area (Å²) >= 11 is 0. The lowest BCUT2D eigenvalue weighted by atomic mass is 10.0. The van der Waals surface area contributed by atoms with Crippen molar-refractivity contribution in [1.82, 2.24) is 0 Å². The van der Waals surface area contributed by atoms with Crippen LogP contribution < -0.4 is 0 Å². The van der Waals surface area contributed by atoms with Crippen molar-refractivity contribution in [3.63, 3.8) is 0 Å². The molecular formula is C67H130O6.